The first-order valence-electron chi connectivity index (χ1n) is 7.79. The van der Waals surface area contributed by atoms with Crippen LogP contribution in [-0.2, 0) is 9.53 Å². The minimum Gasteiger partial charge on any atom is -0.466 e. The molecule has 114 valence electrons. The van der Waals surface area contributed by atoms with Crippen molar-refractivity contribution in [3.05, 3.63) is 0 Å². The molecule has 0 bridgehead atoms. The smallest absolute Gasteiger partial charge is 0.310 e. The van der Waals surface area contributed by atoms with Crippen LogP contribution in [0.15, 0.2) is 0 Å². The van der Waals surface area contributed by atoms with Crippen LogP contribution in [0.3, 0.4) is 0 Å². The van der Waals surface area contributed by atoms with Crippen LogP contribution in [0.25, 0.3) is 0 Å². The Kier molecular flexibility index (Phi) is 7.01. The molecule has 0 aromatic heterocycles. The average Bonchev–Trinajstić information content (AvgIpc) is 2.44. The van der Waals surface area contributed by atoms with Crippen molar-refractivity contribution >= 4 is 5.97 Å². The van der Waals surface area contributed by atoms with Crippen LogP contribution in [0.5, 0.6) is 0 Å². The van der Waals surface area contributed by atoms with Crippen LogP contribution in [0.2, 0.25) is 0 Å². The molecule has 4 nitrogen and oxygen atoms in total. The summed E-state index contributed by atoms with van der Waals surface area (Å²) in [6.45, 7) is 9.25. The SMILES string of the molecule is CCOC(=O)C1CCCN(CCCCC(C)(C)C#N)C1. The van der Waals surface area contributed by atoms with Crippen molar-refractivity contribution in [2.75, 3.05) is 26.2 Å². The predicted molar refractivity (Wildman–Crippen MR) is 79.0 cm³/mol. The van der Waals surface area contributed by atoms with E-state index in [-0.39, 0.29) is 17.3 Å². The largest absolute Gasteiger partial charge is 0.466 e. The second-order valence-electron chi connectivity index (χ2n) is 6.34. The van der Waals surface area contributed by atoms with Crippen molar-refractivity contribution in [3.63, 3.8) is 0 Å². The van der Waals surface area contributed by atoms with Gasteiger partial charge < -0.3 is 9.64 Å². The first-order valence-corrected chi connectivity index (χ1v) is 7.79. The van der Waals surface area contributed by atoms with E-state index in [0.717, 1.165) is 51.7 Å². The summed E-state index contributed by atoms with van der Waals surface area (Å²) in [5.74, 6) is 0.0158. The predicted octanol–water partition coefficient (Wildman–Crippen LogP) is 2.98. The third-order valence-corrected chi connectivity index (χ3v) is 3.95. The van der Waals surface area contributed by atoms with Crippen molar-refractivity contribution in [2.45, 2.75) is 52.9 Å². The zero-order chi connectivity index (χ0) is 15.0. The molecule has 0 aromatic rings. The number of unbranched alkanes of at least 4 members (excludes halogenated alkanes) is 1. The molecule has 0 aromatic carbocycles. The molecule has 0 amide bonds. The molecule has 1 unspecified atom stereocenters. The van der Waals surface area contributed by atoms with Gasteiger partial charge in [0.15, 0.2) is 0 Å². The highest BCUT2D eigenvalue weighted by Gasteiger charge is 2.26. The van der Waals surface area contributed by atoms with Gasteiger partial charge in [0.05, 0.1) is 24.0 Å². The van der Waals surface area contributed by atoms with Crippen molar-refractivity contribution in [3.8, 4) is 6.07 Å². The molecular weight excluding hydrogens is 252 g/mol. The third-order valence-electron chi connectivity index (χ3n) is 3.95. The first kappa shape index (κ1) is 17.0. The zero-order valence-electron chi connectivity index (χ0n) is 13.2. The Hall–Kier alpha value is -1.08. The van der Waals surface area contributed by atoms with Gasteiger partial charge in [-0.25, -0.2) is 0 Å². The molecule has 0 N–H and O–H groups in total. The van der Waals surface area contributed by atoms with Crippen molar-refractivity contribution in [1.29, 1.82) is 5.26 Å². The monoisotopic (exact) mass is 280 g/mol. The highest BCUT2D eigenvalue weighted by atomic mass is 16.5. The Balaban J connectivity index is 2.24. The van der Waals surface area contributed by atoms with Gasteiger partial charge in [0.2, 0.25) is 0 Å². The number of ether oxygens (including phenoxy) is 1. The standard InChI is InChI=1S/C16H28N2O2/c1-4-20-15(19)14-8-7-11-18(12-14)10-6-5-9-16(2,3)13-17/h14H,4-12H2,1-3H3. The van der Waals surface area contributed by atoms with Crippen LogP contribution in [0.4, 0.5) is 0 Å². The van der Waals surface area contributed by atoms with Crippen molar-refractivity contribution < 1.29 is 9.53 Å². The molecule has 0 radical (unpaired) electrons. The fourth-order valence-corrected chi connectivity index (χ4v) is 2.67. The van der Waals surface area contributed by atoms with Gasteiger partial charge in [0, 0.05) is 6.54 Å². The van der Waals surface area contributed by atoms with E-state index in [9.17, 15) is 4.79 Å². The average molecular weight is 280 g/mol. The zero-order valence-corrected chi connectivity index (χ0v) is 13.2. The van der Waals surface area contributed by atoms with E-state index in [1.54, 1.807) is 0 Å². The van der Waals surface area contributed by atoms with Crippen molar-refractivity contribution in [2.24, 2.45) is 11.3 Å². The lowest BCUT2D eigenvalue weighted by atomic mass is 9.89. The Morgan fingerprint density at radius 1 is 1.45 bits per heavy atom. The third kappa shape index (κ3) is 5.92. The molecule has 1 saturated heterocycles. The molecule has 0 spiro atoms. The Morgan fingerprint density at radius 3 is 2.85 bits per heavy atom. The summed E-state index contributed by atoms with van der Waals surface area (Å²) in [7, 11) is 0. The van der Waals surface area contributed by atoms with Gasteiger partial charge >= 0.3 is 5.97 Å². The number of nitrogens with zero attached hydrogens (tertiary/aromatic N) is 2. The lowest BCUT2D eigenvalue weighted by Crippen LogP contribution is -2.39. The molecular formula is C16H28N2O2. The normalized spacial score (nSPS) is 20.4. The maximum absolute atomic E-state index is 11.8. The molecule has 0 aliphatic carbocycles. The Bertz CT molecular complexity index is 347. The van der Waals surface area contributed by atoms with Gasteiger partial charge in [0.25, 0.3) is 0 Å². The molecule has 1 rings (SSSR count). The van der Waals surface area contributed by atoms with E-state index in [1.165, 1.54) is 0 Å². The van der Waals surface area contributed by atoms with E-state index in [0.29, 0.717) is 6.61 Å². The maximum atomic E-state index is 11.8. The first-order chi connectivity index (χ1) is 9.48. The van der Waals surface area contributed by atoms with Gasteiger partial charge in [-0.1, -0.05) is 6.42 Å². The number of hydrogen-bond acceptors (Lipinski definition) is 4. The molecule has 1 fully saturated rings. The van der Waals surface area contributed by atoms with Crippen LogP contribution in [0, 0.1) is 22.7 Å². The maximum Gasteiger partial charge on any atom is 0.310 e. The number of piperidine rings is 1. The fourth-order valence-electron chi connectivity index (χ4n) is 2.67. The summed E-state index contributed by atoms with van der Waals surface area (Å²) in [6.07, 6.45) is 5.14. The van der Waals surface area contributed by atoms with Gasteiger partial charge in [-0.2, -0.15) is 5.26 Å². The van der Waals surface area contributed by atoms with Gasteiger partial charge in [-0.3, -0.25) is 4.79 Å². The van der Waals surface area contributed by atoms with Crippen LogP contribution in [0.1, 0.15) is 52.9 Å². The van der Waals surface area contributed by atoms with E-state index < -0.39 is 0 Å². The van der Waals surface area contributed by atoms with Crippen molar-refractivity contribution in [1.82, 2.24) is 4.90 Å². The lowest BCUT2D eigenvalue weighted by molar-refractivity contribution is -0.149. The molecule has 1 aliphatic heterocycles. The lowest BCUT2D eigenvalue weighted by Gasteiger charge is -2.31. The summed E-state index contributed by atoms with van der Waals surface area (Å²) in [5.41, 5.74) is -0.213. The van der Waals surface area contributed by atoms with E-state index in [2.05, 4.69) is 11.0 Å². The summed E-state index contributed by atoms with van der Waals surface area (Å²) in [4.78, 5) is 14.1. The molecule has 1 heterocycles. The minimum absolute atomic E-state index is 0.0391. The van der Waals surface area contributed by atoms with E-state index in [1.807, 2.05) is 20.8 Å². The van der Waals surface area contributed by atoms with Gasteiger partial charge in [-0.05, 0) is 59.5 Å². The number of carbonyl (C=O) groups is 1. The van der Waals surface area contributed by atoms with Crippen LogP contribution in [-0.4, -0.2) is 37.1 Å². The Labute approximate surface area is 123 Å². The second-order valence-corrected chi connectivity index (χ2v) is 6.34. The van der Waals surface area contributed by atoms with Crippen LogP contribution < -0.4 is 0 Å². The number of likely N-dealkylation sites (tertiary alicyclic amines) is 1. The topological polar surface area (TPSA) is 53.3 Å². The highest BCUT2D eigenvalue weighted by molar-refractivity contribution is 5.72. The fraction of sp³-hybridized carbons (Fsp3) is 0.875. The number of nitriles is 1. The molecule has 1 aliphatic rings. The number of carbonyl (C=O) groups excluding carboxylic acids is 1. The van der Waals surface area contributed by atoms with Gasteiger partial charge in [0.1, 0.15) is 0 Å². The minimum atomic E-state index is -0.213. The molecule has 0 saturated carbocycles. The van der Waals surface area contributed by atoms with E-state index >= 15 is 0 Å². The quantitative estimate of drug-likeness (QED) is 0.531. The van der Waals surface area contributed by atoms with Gasteiger partial charge in [-0.15, -0.1) is 0 Å². The van der Waals surface area contributed by atoms with Crippen LogP contribution >= 0.6 is 0 Å². The number of rotatable bonds is 7. The molecule has 20 heavy (non-hydrogen) atoms. The van der Waals surface area contributed by atoms with E-state index in [4.69, 9.17) is 10.00 Å². The second kappa shape index (κ2) is 8.26. The summed E-state index contributed by atoms with van der Waals surface area (Å²) < 4.78 is 5.11. The number of esters is 1. The Morgan fingerprint density at radius 2 is 2.20 bits per heavy atom. The summed E-state index contributed by atoms with van der Waals surface area (Å²) >= 11 is 0. The highest BCUT2D eigenvalue weighted by Crippen LogP contribution is 2.23. The summed E-state index contributed by atoms with van der Waals surface area (Å²) in [6, 6.07) is 2.34. The molecule has 1 atom stereocenters. The number of hydrogen-bond donors (Lipinski definition) is 0. The molecule has 4 heteroatoms. The summed E-state index contributed by atoms with van der Waals surface area (Å²) in [5, 5.41) is 8.98.